The molecule has 0 aliphatic heterocycles. The Bertz CT molecular complexity index is 630. The van der Waals surface area contributed by atoms with E-state index in [1.165, 1.54) is 6.20 Å². The van der Waals surface area contributed by atoms with E-state index in [0.29, 0.717) is 12.3 Å². The number of nitrogens with one attached hydrogen (secondary N) is 1. The van der Waals surface area contributed by atoms with E-state index in [9.17, 15) is 10.1 Å². The molecule has 0 radical (unpaired) electrons. The number of ether oxygens (including phenoxy) is 1. The van der Waals surface area contributed by atoms with Crippen LogP contribution in [0.5, 0.6) is 11.6 Å². The van der Waals surface area contributed by atoms with Gasteiger partial charge in [-0.05, 0) is 25.5 Å². The van der Waals surface area contributed by atoms with Gasteiger partial charge in [-0.25, -0.2) is 4.98 Å². The Morgan fingerprint density at radius 1 is 1.33 bits per heavy atom. The van der Waals surface area contributed by atoms with Crippen molar-refractivity contribution in [1.29, 1.82) is 0 Å². The van der Waals surface area contributed by atoms with Crippen molar-refractivity contribution < 1.29 is 9.66 Å². The van der Waals surface area contributed by atoms with Crippen molar-refractivity contribution in [2.24, 2.45) is 0 Å². The van der Waals surface area contributed by atoms with E-state index < -0.39 is 4.92 Å². The second-order valence-corrected chi connectivity index (χ2v) is 4.31. The molecule has 0 aromatic carbocycles. The second kappa shape index (κ2) is 6.60. The number of hydrogen-bond acceptors (Lipinski definition) is 7. The van der Waals surface area contributed by atoms with Gasteiger partial charge in [-0.15, -0.1) is 0 Å². The maximum atomic E-state index is 11.0. The predicted octanol–water partition coefficient (Wildman–Crippen LogP) is 2.70. The van der Waals surface area contributed by atoms with Crippen LogP contribution in [0.1, 0.15) is 19.0 Å². The van der Waals surface area contributed by atoms with E-state index in [4.69, 9.17) is 4.74 Å². The zero-order valence-electron chi connectivity index (χ0n) is 11.7. The van der Waals surface area contributed by atoms with Crippen molar-refractivity contribution in [2.45, 2.75) is 20.3 Å². The molecule has 2 aromatic rings. The first kappa shape index (κ1) is 14.6. The summed E-state index contributed by atoms with van der Waals surface area (Å²) < 4.78 is 5.45. The molecule has 0 amide bonds. The van der Waals surface area contributed by atoms with E-state index in [1.54, 1.807) is 12.1 Å². The molecule has 0 spiro atoms. The number of anilines is 1. The van der Waals surface area contributed by atoms with Gasteiger partial charge < -0.3 is 10.1 Å². The zero-order valence-corrected chi connectivity index (χ0v) is 11.7. The number of hydrogen-bond donors (Lipinski definition) is 1. The standard InChI is InChI=1S/C13H15N5O3/c1-3-6-14-13-16-8-11(18(19)20)12(17-13)21-10-5-4-9(2)15-7-10/h4-5,7-8H,3,6H2,1-2H3,(H,14,16,17). The second-order valence-electron chi connectivity index (χ2n) is 4.31. The van der Waals surface area contributed by atoms with E-state index in [2.05, 4.69) is 20.3 Å². The van der Waals surface area contributed by atoms with Gasteiger partial charge in [0.15, 0.2) is 0 Å². The molecule has 110 valence electrons. The Balaban J connectivity index is 2.29. The molecule has 0 fully saturated rings. The highest BCUT2D eigenvalue weighted by Crippen LogP contribution is 2.29. The summed E-state index contributed by atoms with van der Waals surface area (Å²) >= 11 is 0. The minimum absolute atomic E-state index is 0.112. The summed E-state index contributed by atoms with van der Waals surface area (Å²) in [7, 11) is 0. The topological polar surface area (TPSA) is 103 Å². The fraction of sp³-hybridized carbons (Fsp3) is 0.308. The number of rotatable bonds is 6. The van der Waals surface area contributed by atoms with E-state index >= 15 is 0 Å². The summed E-state index contributed by atoms with van der Waals surface area (Å²) in [5, 5.41) is 14.0. The van der Waals surface area contributed by atoms with Crippen molar-refractivity contribution in [3.05, 3.63) is 40.3 Å². The summed E-state index contributed by atoms with van der Waals surface area (Å²) in [4.78, 5) is 22.4. The molecule has 2 heterocycles. The molecule has 0 saturated heterocycles. The van der Waals surface area contributed by atoms with Crippen molar-refractivity contribution in [3.63, 3.8) is 0 Å². The van der Waals surface area contributed by atoms with Crippen LogP contribution < -0.4 is 10.1 Å². The van der Waals surface area contributed by atoms with Crippen molar-refractivity contribution in [2.75, 3.05) is 11.9 Å². The zero-order chi connectivity index (χ0) is 15.2. The van der Waals surface area contributed by atoms with Crippen LogP contribution in [0.25, 0.3) is 0 Å². The first-order valence-corrected chi connectivity index (χ1v) is 6.46. The van der Waals surface area contributed by atoms with Crippen LogP contribution >= 0.6 is 0 Å². The van der Waals surface area contributed by atoms with Crippen LogP contribution in [-0.2, 0) is 0 Å². The van der Waals surface area contributed by atoms with Gasteiger partial charge in [0.2, 0.25) is 5.95 Å². The van der Waals surface area contributed by atoms with Gasteiger partial charge in [-0.2, -0.15) is 4.98 Å². The molecule has 0 saturated carbocycles. The highest BCUT2D eigenvalue weighted by molar-refractivity contribution is 5.45. The van der Waals surface area contributed by atoms with Crippen LogP contribution in [0.4, 0.5) is 11.6 Å². The van der Waals surface area contributed by atoms with Crippen LogP contribution in [0.2, 0.25) is 0 Å². The van der Waals surface area contributed by atoms with Gasteiger partial charge in [0.05, 0.1) is 11.1 Å². The molecule has 21 heavy (non-hydrogen) atoms. The number of aryl methyl sites for hydroxylation is 1. The minimum atomic E-state index is -0.583. The molecule has 0 atom stereocenters. The summed E-state index contributed by atoms with van der Waals surface area (Å²) in [5.41, 5.74) is 0.530. The van der Waals surface area contributed by atoms with Crippen LogP contribution in [0.3, 0.4) is 0 Å². The highest BCUT2D eigenvalue weighted by Gasteiger charge is 2.19. The Hall–Kier alpha value is -2.77. The van der Waals surface area contributed by atoms with Gasteiger partial charge in [0, 0.05) is 12.2 Å². The van der Waals surface area contributed by atoms with Gasteiger partial charge in [-0.1, -0.05) is 6.92 Å². The molecule has 8 nitrogen and oxygen atoms in total. The normalized spacial score (nSPS) is 10.2. The minimum Gasteiger partial charge on any atom is -0.432 e. The highest BCUT2D eigenvalue weighted by atomic mass is 16.6. The van der Waals surface area contributed by atoms with Crippen LogP contribution in [0, 0.1) is 17.0 Å². The SMILES string of the molecule is CCCNc1ncc([N+](=O)[O-])c(Oc2ccc(C)nc2)n1. The van der Waals surface area contributed by atoms with Gasteiger partial charge in [-0.3, -0.25) is 15.1 Å². The predicted molar refractivity (Wildman–Crippen MR) is 76.5 cm³/mol. The third-order valence-electron chi connectivity index (χ3n) is 2.56. The van der Waals surface area contributed by atoms with Gasteiger partial charge in [0.1, 0.15) is 11.9 Å². The third-order valence-corrected chi connectivity index (χ3v) is 2.56. The van der Waals surface area contributed by atoms with E-state index in [-0.39, 0.29) is 17.5 Å². The molecular weight excluding hydrogens is 274 g/mol. The Morgan fingerprint density at radius 2 is 2.14 bits per heavy atom. The quantitative estimate of drug-likeness (QED) is 0.644. The van der Waals surface area contributed by atoms with E-state index in [1.807, 2.05) is 13.8 Å². The Morgan fingerprint density at radius 3 is 2.76 bits per heavy atom. The van der Waals surface area contributed by atoms with Crippen LogP contribution in [0.15, 0.2) is 24.5 Å². The van der Waals surface area contributed by atoms with Gasteiger partial charge in [0.25, 0.3) is 0 Å². The van der Waals surface area contributed by atoms with Crippen molar-refractivity contribution in [3.8, 4) is 11.6 Å². The lowest BCUT2D eigenvalue weighted by Gasteiger charge is -2.07. The molecule has 0 unspecified atom stereocenters. The monoisotopic (exact) mass is 289 g/mol. The average Bonchev–Trinajstić information content (AvgIpc) is 2.47. The first-order valence-electron chi connectivity index (χ1n) is 6.46. The molecule has 0 aliphatic carbocycles. The number of aromatic nitrogens is 3. The summed E-state index contributed by atoms with van der Waals surface area (Å²) in [6.07, 6.45) is 3.50. The molecular formula is C13H15N5O3. The molecule has 2 rings (SSSR count). The smallest absolute Gasteiger partial charge is 0.349 e. The fourth-order valence-corrected chi connectivity index (χ4v) is 1.51. The fourth-order valence-electron chi connectivity index (χ4n) is 1.51. The molecule has 1 N–H and O–H groups in total. The largest absolute Gasteiger partial charge is 0.432 e. The summed E-state index contributed by atoms with van der Waals surface area (Å²) in [5.74, 6) is 0.556. The maximum Gasteiger partial charge on any atom is 0.349 e. The molecule has 0 bridgehead atoms. The molecule has 8 heteroatoms. The average molecular weight is 289 g/mol. The number of nitrogens with zero attached hydrogens (tertiary/aromatic N) is 4. The van der Waals surface area contributed by atoms with E-state index in [0.717, 1.165) is 18.3 Å². The maximum absolute atomic E-state index is 11.0. The van der Waals surface area contributed by atoms with Gasteiger partial charge >= 0.3 is 11.6 Å². The Kier molecular flexibility index (Phi) is 4.60. The van der Waals surface area contributed by atoms with Crippen molar-refractivity contribution in [1.82, 2.24) is 15.0 Å². The Labute approximate surface area is 121 Å². The number of nitro groups is 1. The molecule has 2 aromatic heterocycles. The summed E-state index contributed by atoms with van der Waals surface area (Å²) in [6, 6.07) is 3.42. The first-order chi connectivity index (χ1) is 10.1. The number of pyridine rings is 1. The molecule has 0 aliphatic rings. The van der Waals surface area contributed by atoms with Crippen molar-refractivity contribution >= 4 is 11.6 Å². The van der Waals surface area contributed by atoms with Crippen LogP contribution in [-0.4, -0.2) is 26.4 Å². The lowest BCUT2D eigenvalue weighted by molar-refractivity contribution is -0.386. The third kappa shape index (κ3) is 3.85. The summed E-state index contributed by atoms with van der Waals surface area (Å²) in [6.45, 7) is 4.50. The lowest BCUT2D eigenvalue weighted by atomic mass is 10.4. The lowest BCUT2D eigenvalue weighted by Crippen LogP contribution is -2.06.